The van der Waals surface area contributed by atoms with E-state index in [1.54, 1.807) is 13.0 Å². The minimum Gasteiger partial charge on any atom is -0.269 e. The van der Waals surface area contributed by atoms with Crippen molar-refractivity contribution in [2.24, 2.45) is 0 Å². The molecule has 0 aromatic heterocycles. The molecule has 5 heteroatoms. The van der Waals surface area contributed by atoms with Gasteiger partial charge in [-0.25, -0.2) is 4.31 Å². The summed E-state index contributed by atoms with van der Waals surface area (Å²) >= 11 is 0. The first-order valence-corrected chi connectivity index (χ1v) is 8.76. The van der Waals surface area contributed by atoms with Crippen LogP contribution < -0.4 is 4.31 Å². The molecular weight excluding hydrogens is 298 g/mol. The summed E-state index contributed by atoms with van der Waals surface area (Å²) in [5.41, 5.74) is 3.68. The normalized spacial score (nSPS) is 11.4. The van der Waals surface area contributed by atoms with Crippen LogP contribution >= 0.6 is 0 Å². The zero-order valence-electron chi connectivity index (χ0n) is 12.9. The molecular formula is C17H21NO3S. The van der Waals surface area contributed by atoms with E-state index in [1.807, 2.05) is 49.4 Å². The van der Waals surface area contributed by atoms with E-state index in [-0.39, 0.29) is 6.54 Å². The molecule has 0 aliphatic carbocycles. The van der Waals surface area contributed by atoms with Gasteiger partial charge in [-0.2, -0.15) is 8.42 Å². The van der Waals surface area contributed by atoms with Crippen molar-refractivity contribution in [1.82, 2.24) is 0 Å². The van der Waals surface area contributed by atoms with Crippen LogP contribution in [-0.4, -0.2) is 19.5 Å². The monoisotopic (exact) mass is 319 g/mol. The predicted molar refractivity (Wildman–Crippen MR) is 89.6 cm³/mol. The van der Waals surface area contributed by atoms with Crippen LogP contribution in [0.15, 0.2) is 48.5 Å². The highest BCUT2D eigenvalue weighted by atomic mass is 32.2. The van der Waals surface area contributed by atoms with Crippen LogP contribution in [0.3, 0.4) is 0 Å². The molecule has 0 aliphatic heterocycles. The van der Waals surface area contributed by atoms with Gasteiger partial charge in [0.2, 0.25) is 0 Å². The fourth-order valence-corrected chi connectivity index (χ4v) is 3.39. The molecule has 0 atom stereocenters. The second-order valence-electron chi connectivity index (χ2n) is 5.07. The Kier molecular flexibility index (Phi) is 5.21. The van der Waals surface area contributed by atoms with Crippen molar-refractivity contribution in [1.29, 1.82) is 0 Å². The molecule has 0 saturated heterocycles. The largest absolute Gasteiger partial charge is 0.359 e. The molecule has 0 unspecified atom stereocenters. The maximum atomic E-state index is 11.6. The van der Waals surface area contributed by atoms with Crippen molar-refractivity contribution in [2.45, 2.75) is 26.7 Å². The number of benzene rings is 2. The lowest BCUT2D eigenvalue weighted by molar-refractivity contribution is 0.478. The first-order valence-electron chi connectivity index (χ1n) is 7.37. The summed E-state index contributed by atoms with van der Waals surface area (Å²) in [5, 5.41) is 0. The lowest BCUT2D eigenvalue weighted by atomic mass is 9.96. The smallest absolute Gasteiger partial charge is 0.269 e. The van der Waals surface area contributed by atoms with Crippen molar-refractivity contribution in [3.63, 3.8) is 0 Å². The van der Waals surface area contributed by atoms with Crippen molar-refractivity contribution >= 4 is 16.0 Å². The molecule has 0 heterocycles. The molecule has 1 N–H and O–H groups in total. The lowest BCUT2D eigenvalue weighted by Crippen LogP contribution is -2.31. The molecule has 0 saturated carbocycles. The van der Waals surface area contributed by atoms with E-state index in [4.69, 9.17) is 0 Å². The highest BCUT2D eigenvalue weighted by molar-refractivity contribution is 7.87. The van der Waals surface area contributed by atoms with E-state index in [0.29, 0.717) is 12.1 Å². The second kappa shape index (κ2) is 6.94. The number of hydrogen-bond donors (Lipinski definition) is 1. The fraction of sp³-hybridized carbons (Fsp3) is 0.294. The van der Waals surface area contributed by atoms with Crippen LogP contribution in [0.25, 0.3) is 0 Å². The maximum Gasteiger partial charge on any atom is 0.359 e. The highest BCUT2D eigenvalue weighted by Gasteiger charge is 2.21. The third-order valence-corrected chi connectivity index (χ3v) is 4.70. The molecule has 0 amide bonds. The Morgan fingerprint density at radius 3 is 2.23 bits per heavy atom. The molecule has 2 rings (SSSR count). The Labute approximate surface area is 132 Å². The summed E-state index contributed by atoms with van der Waals surface area (Å²) in [5.74, 6) is 0. The van der Waals surface area contributed by atoms with Crippen LogP contribution in [0.1, 0.15) is 30.5 Å². The number of hydrogen-bond acceptors (Lipinski definition) is 2. The minimum absolute atomic E-state index is 0.188. The van der Waals surface area contributed by atoms with Crippen molar-refractivity contribution < 1.29 is 13.0 Å². The quantitative estimate of drug-likeness (QED) is 0.829. The first kappa shape index (κ1) is 16.5. The number of anilines is 1. The van der Waals surface area contributed by atoms with Crippen molar-refractivity contribution in [3.05, 3.63) is 65.2 Å². The SMILES string of the molecule is CCc1cccc(N(CC)S(=O)(=O)O)c1Cc1ccccc1. The van der Waals surface area contributed by atoms with E-state index in [2.05, 4.69) is 0 Å². The molecule has 0 spiro atoms. The zero-order valence-corrected chi connectivity index (χ0v) is 13.7. The molecule has 2 aromatic rings. The van der Waals surface area contributed by atoms with Gasteiger partial charge in [0, 0.05) is 6.54 Å². The van der Waals surface area contributed by atoms with Gasteiger partial charge in [0.25, 0.3) is 0 Å². The Bertz CT molecular complexity index is 727. The Morgan fingerprint density at radius 2 is 1.68 bits per heavy atom. The topological polar surface area (TPSA) is 57.6 Å². The average Bonchev–Trinajstić information content (AvgIpc) is 2.49. The van der Waals surface area contributed by atoms with Gasteiger partial charge in [0.1, 0.15) is 0 Å². The second-order valence-corrected chi connectivity index (χ2v) is 6.41. The van der Waals surface area contributed by atoms with E-state index in [9.17, 15) is 13.0 Å². The van der Waals surface area contributed by atoms with Gasteiger partial charge in [-0.1, -0.05) is 49.4 Å². The molecule has 118 valence electrons. The lowest BCUT2D eigenvalue weighted by Gasteiger charge is -2.24. The third kappa shape index (κ3) is 3.67. The Hall–Kier alpha value is -1.85. The van der Waals surface area contributed by atoms with E-state index < -0.39 is 10.3 Å². The summed E-state index contributed by atoms with van der Waals surface area (Å²) in [7, 11) is -4.27. The van der Waals surface area contributed by atoms with Crippen LogP contribution in [0.4, 0.5) is 5.69 Å². The number of aryl methyl sites for hydroxylation is 1. The Morgan fingerprint density at radius 1 is 1.00 bits per heavy atom. The molecule has 0 aliphatic rings. The van der Waals surface area contributed by atoms with Gasteiger partial charge in [0.05, 0.1) is 5.69 Å². The molecule has 22 heavy (non-hydrogen) atoms. The number of nitrogens with zero attached hydrogens (tertiary/aromatic N) is 1. The number of rotatable bonds is 6. The summed E-state index contributed by atoms with van der Waals surface area (Å²) in [6.07, 6.45) is 1.44. The van der Waals surface area contributed by atoms with Crippen molar-refractivity contribution in [3.8, 4) is 0 Å². The van der Waals surface area contributed by atoms with Gasteiger partial charge in [-0.3, -0.25) is 4.55 Å². The molecule has 0 bridgehead atoms. The van der Waals surface area contributed by atoms with E-state index in [1.165, 1.54) is 0 Å². The van der Waals surface area contributed by atoms with Crippen LogP contribution in [0, 0.1) is 0 Å². The van der Waals surface area contributed by atoms with Gasteiger partial charge in [-0.05, 0) is 42.5 Å². The summed E-state index contributed by atoms with van der Waals surface area (Å²) in [6, 6.07) is 15.5. The van der Waals surface area contributed by atoms with Crippen LogP contribution in [0.2, 0.25) is 0 Å². The van der Waals surface area contributed by atoms with Crippen molar-refractivity contribution in [2.75, 3.05) is 10.8 Å². The molecule has 2 aromatic carbocycles. The highest BCUT2D eigenvalue weighted by Crippen LogP contribution is 2.28. The Balaban J connectivity index is 2.55. The van der Waals surface area contributed by atoms with Crippen LogP contribution in [-0.2, 0) is 23.1 Å². The maximum absolute atomic E-state index is 11.6. The fourth-order valence-electron chi connectivity index (χ4n) is 2.65. The zero-order chi connectivity index (χ0) is 16.2. The van der Waals surface area contributed by atoms with Gasteiger partial charge < -0.3 is 0 Å². The van der Waals surface area contributed by atoms with Gasteiger partial charge in [0.15, 0.2) is 0 Å². The standard InChI is InChI=1S/C17H21NO3S/c1-3-15-11-8-12-17(18(4-2)22(19,20)21)16(15)13-14-9-6-5-7-10-14/h5-12H,3-4,13H2,1-2H3,(H,19,20,21). The van der Waals surface area contributed by atoms with E-state index >= 15 is 0 Å². The van der Waals surface area contributed by atoms with E-state index in [0.717, 1.165) is 27.4 Å². The molecule has 4 nitrogen and oxygen atoms in total. The predicted octanol–water partition coefficient (Wildman–Crippen LogP) is 3.47. The first-order chi connectivity index (χ1) is 10.5. The molecule has 0 fully saturated rings. The van der Waals surface area contributed by atoms with Crippen LogP contribution in [0.5, 0.6) is 0 Å². The summed E-state index contributed by atoms with van der Waals surface area (Å²) in [4.78, 5) is 0. The van der Waals surface area contributed by atoms with Gasteiger partial charge in [-0.15, -0.1) is 0 Å². The minimum atomic E-state index is -4.27. The average molecular weight is 319 g/mol. The molecule has 0 radical (unpaired) electrons. The summed E-state index contributed by atoms with van der Waals surface area (Å²) in [6.45, 7) is 3.93. The third-order valence-electron chi connectivity index (χ3n) is 3.69. The summed E-state index contributed by atoms with van der Waals surface area (Å²) < 4.78 is 33.8. The van der Waals surface area contributed by atoms with Gasteiger partial charge >= 0.3 is 10.3 Å².